The van der Waals surface area contributed by atoms with Gasteiger partial charge in [0.05, 0.1) is 11.6 Å². The van der Waals surface area contributed by atoms with Crippen molar-refractivity contribution in [3.05, 3.63) is 72.3 Å². The van der Waals surface area contributed by atoms with Crippen LogP contribution in [0.3, 0.4) is 0 Å². The molecule has 3 aliphatic rings. The number of piperidine rings is 1. The van der Waals surface area contributed by atoms with Gasteiger partial charge in [-0.2, -0.15) is 8.78 Å². The van der Waals surface area contributed by atoms with Gasteiger partial charge in [0.2, 0.25) is 5.91 Å². The molecule has 12 heteroatoms. The zero-order chi connectivity index (χ0) is 36.3. The van der Waals surface area contributed by atoms with E-state index in [-0.39, 0.29) is 42.7 Å². The van der Waals surface area contributed by atoms with Crippen LogP contribution in [0.25, 0.3) is 11.1 Å². The highest BCUT2D eigenvalue weighted by Gasteiger charge is 2.44. The summed E-state index contributed by atoms with van der Waals surface area (Å²) in [5.41, 5.74) is 3.20. The third-order valence-electron chi connectivity index (χ3n) is 9.35. The van der Waals surface area contributed by atoms with Crippen LogP contribution in [0.2, 0.25) is 0 Å². The molecule has 2 aliphatic heterocycles. The molecule has 0 radical (unpaired) electrons. The van der Waals surface area contributed by atoms with Gasteiger partial charge in [0.15, 0.2) is 6.61 Å². The second-order valence-electron chi connectivity index (χ2n) is 14.2. The number of rotatable bonds is 11. The minimum atomic E-state index is -2.91. The normalized spacial score (nSPS) is 19.0. The molecule has 1 aliphatic carbocycles. The molecule has 51 heavy (non-hydrogen) atoms. The second kappa shape index (κ2) is 15.3. The first-order valence-electron chi connectivity index (χ1n) is 17.4. The van der Waals surface area contributed by atoms with Gasteiger partial charge >= 0.3 is 12.7 Å². The Morgan fingerprint density at radius 1 is 1.00 bits per heavy atom. The van der Waals surface area contributed by atoms with E-state index in [9.17, 15) is 23.2 Å². The number of alkyl halides is 2. The Labute approximate surface area is 297 Å². The molecule has 0 N–H and O–H groups in total. The molecule has 1 saturated carbocycles. The maximum atomic E-state index is 15.0. The van der Waals surface area contributed by atoms with Gasteiger partial charge in [-0.25, -0.2) is 4.79 Å². The number of likely N-dealkylation sites (tertiary alicyclic amines) is 1. The van der Waals surface area contributed by atoms with Crippen LogP contribution in [-0.4, -0.2) is 81.0 Å². The number of ether oxygens (including phenoxy) is 4. The number of fused-ring (bicyclic) bond motifs is 1. The summed E-state index contributed by atoms with van der Waals surface area (Å²) in [5, 5.41) is 0. The van der Waals surface area contributed by atoms with E-state index in [1.807, 2.05) is 68.1 Å². The average molecular weight is 706 g/mol. The molecule has 272 valence electrons. The Hall–Kier alpha value is -4.71. The number of nitrogens with zero attached hydrogens (tertiary/aromatic N) is 3. The lowest BCUT2D eigenvalue weighted by molar-refractivity contribution is -0.124. The van der Waals surface area contributed by atoms with Crippen LogP contribution in [0.5, 0.6) is 11.5 Å². The molecule has 0 bridgehead atoms. The van der Waals surface area contributed by atoms with Crippen molar-refractivity contribution < 1.29 is 42.1 Å². The van der Waals surface area contributed by atoms with E-state index < -0.39 is 24.2 Å². The van der Waals surface area contributed by atoms with Crippen LogP contribution in [0.4, 0.5) is 25.0 Å². The van der Waals surface area contributed by atoms with Crippen molar-refractivity contribution in [3.8, 4) is 22.6 Å². The highest BCUT2D eigenvalue weighted by atomic mass is 19.3. The van der Waals surface area contributed by atoms with Gasteiger partial charge in [0.1, 0.15) is 17.1 Å². The standard InChI is InChI=1S/C39H45F2N3O7/c1-39(2,3)51-38(47)42-19-17-31(27-8-5-7-26(21-27)25-9-14-30(15-10-25)50-37(40)41)32(23-42)36(46)44(28-11-12-28)29-13-16-34-33(22-29)43(18-6-20-48-4)35(45)24-49-34/h5,7-10,13-16,21-22,28,31-32,37H,6,11-12,17-20,23-24H2,1-4H3/t31-,32+/m1/s1. The van der Waals surface area contributed by atoms with Crippen LogP contribution in [0.15, 0.2) is 66.7 Å². The molecule has 1 saturated heterocycles. The van der Waals surface area contributed by atoms with E-state index in [4.69, 9.17) is 14.2 Å². The Morgan fingerprint density at radius 2 is 1.76 bits per heavy atom. The Morgan fingerprint density at radius 3 is 2.45 bits per heavy atom. The summed E-state index contributed by atoms with van der Waals surface area (Å²) < 4.78 is 46.7. The largest absolute Gasteiger partial charge is 0.482 e. The van der Waals surface area contributed by atoms with Crippen LogP contribution >= 0.6 is 0 Å². The molecular formula is C39H45F2N3O7. The Kier molecular flexibility index (Phi) is 10.8. The number of methoxy groups -OCH3 is 1. The van der Waals surface area contributed by atoms with Crippen molar-refractivity contribution in [2.24, 2.45) is 5.92 Å². The number of anilines is 2. The third-order valence-corrected chi connectivity index (χ3v) is 9.35. The van der Waals surface area contributed by atoms with Crippen molar-refractivity contribution in [3.63, 3.8) is 0 Å². The predicted octanol–water partition coefficient (Wildman–Crippen LogP) is 7.25. The summed E-state index contributed by atoms with van der Waals surface area (Å²) in [6.45, 7) is 4.02. The molecule has 2 fully saturated rings. The first-order chi connectivity index (χ1) is 24.4. The molecular weight excluding hydrogens is 660 g/mol. The average Bonchev–Trinajstić information content (AvgIpc) is 3.94. The van der Waals surface area contributed by atoms with E-state index in [0.717, 1.165) is 29.5 Å². The highest BCUT2D eigenvalue weighted by molar-refractivity contribution is 6.01. The number of halogens is 2. The molecule has 10 nitrogen and oxygen atoms in total. The summed E-state index contributed by atoms with van der Waals surface area (Å²) in [7, 11) is 1.62. The van der Waals surface area contributed by atoms with E-state index in [2.05, 4.69) is 4.74 Å². The van der Waals surface area contributed by atoms with Gasteiger partial charge in [0.25, 0.3) is 5.91 Å². The van der Waals surface area contributed by atoms with Gasteiger partial charge in [-0.05, 0) is 99.4 Å². The number of hydrogen-bond acceptors (Lipinski definition) is 7. The van der Waals surface area contributed by atoms with E-state index in [0.29, 0.717) is 49.7 Å². The smallest absolute Gasteiger partial charge is 0.410 e. The summed E-state index contributed by atoms with van der Waals surface area (Å²) in [6.07, 6.45) is 2.38. The predicted molar refractivity (Wildman–Crippen MR) is 188 cm³/mol. The summed E-state index contributed by atoms with van der Waals surface area (Å²) in [5.74, 6) is -0.444. The molecule has 6 rings (SSSR count). The summed E-state index contributed by atoms with van der Waals surface area (Å²) >= 11 is 0. The monoisotopic (exact) mass is 705 g/mol. The lowest BCUT2D eigenvalue weighted by atomic mass is 9.78. The molecule has 3 aromatic rings. The molecule has 2 atom stereocenters. The zero-order valence-corrected chi connectivity index (χ0v) is 29.5. The zero-order valence-electron chi connectivity index (χ0n) is 29.5. The fourth-order valence-corrected chi connectivity index (χ4v) is 6.85. The maximum Gasteiger partial charge on any atom is 0.410 e. The minimum Gasteiger partial charge on any atom is -0.482 e. The number of carbonyl (C=O) groups is 3. The van der Waals surface area contributed by atoms with Crippen LogP contribution < -0.4 is 19.3 Å². The quantitative estimate of drug-likeness (QED) is 0.194. The lowest BCUT2D eigenvalue weighted by Gasteiger charge is -2.41. The molecule has 2 heterocycles. The molecule has 0 unspecified atom stereocenters. The van der Waals surface area contributed by atoms with Crippen LogP contribution in [0.1, 0.15) is 57.9 Å². The number of hydrogen-bond donors (Lipinski definition) is 0. The van der Waals surface area contributed by atoms with Crippen molar-refractivity contribution in [1.29, 1.82) is 0 Å². The van der Waals surface area contributed by atoms with Crippen molar-refractivity contribution in [2.75, 3.05) is 49.8 Å². The number of benzene rings is 3. The van der Waals surface area contributed by atoms with Gasteiger partial charge in [-0.1, -0.05) is 36.4 Å². The van der Waals surface area contributed by atoms with Crippen molar-refractivity contribution >= 4 is 29.3 Å². The molecule has 0 aromatic heterocycles. The summed E-state index contributed by atoms with van der Waals surface area (Å²) in [6, 6.07) is 19.9. The second-order valence-corrected chi connectivity index (χ2v) is 14.2. The highest BCUT2D eigenvalue weighted by Crippen LogP contribution is 2.43. The minimum absolute atomic E-state index is 0.0180. The van der Waals surface area contributed by atoms with Gasteiger partial charge in [-0.15, -0.1) is 0 Å². The van der Waals surface area contributed by atoms with E-state index in [1.165, 1.54) is 12.1 Å². The van der Waals surface area contributed by atoms with Crippen LogP contribution in [-0.2, 0) is 19.1 Å². The Balaban J connectivity index is 1.33. The third kappa shape index (κ3) is 8.61. The molecule has 3 amide bonds. The first kappa shape index (κ1) is 36.1. The molecule has 3 aromatic carbocycles. The van der Waals surface area contributed by atoms with E-state index >= 15 is 0 Å². The van der Waals surface area contributed by atoms with Gasteiger partial charge in [0, 0.05) is 45.1 Å². The number of amides is 3. The first-order valence-corrected chi connectivity index (χ1v) is 17.4. The van der Waals surface area contributed by atoms with E-state index in [1.54, 1.807) is 29.0 Å². The van der Waals surface area contributed by atoms with Gasteiger partial charge in [-0.3, -0.25) is 9.59 Å². The van der Waals surface area contributed by atoms with Crippen molar-refractivity contribution in [2.45, 2.75) is 70.6 Å². The Bertz CT molecular complexity index is 1720. The van der Waals surface area contributed by atoms with Crippen LogP contribution in [0, 0.1) is 5.92 Å². The molecule has 0 spiro atoms. The fourth-order valence-electron chi connectivity index (χ4n) is 6.85. The fraction of sp³-hybridized carbons (Fsp3) is 0.462. The summed E-state index contributed by atoms with van der Waals surface area (Å²) in [4.78, 5) is 46.4. The topological polar surface area (TPSA) is 97.9 Å². The van der Waals surface area contributed by atoms with Gasteiger partial charge < -0.3 is 33.6 Å². The maximum absolute atomic E-state index is 15.0. The lowest BCUT2D eigenvalue weighted by Crippen LogP contribution is -2.51. The SMILES string of the molecule is COCCCN1C(=O)COc2ccc(N(C(=O)[C@H]3CN(C(=O)OC(C)(C)C)CC[C@@H]3c3cccc(-c4ccc(OC(F)F)cc4)c3)C3CC3)cc21. The van der Waals surface area contributed by atoms with Crippen molar-refractivity contribution in [1.82, 2.24) is 4.90 Å². The number of carbonyl (C=O) groups excluding carboxylic acids is 3.